The molecule has 4 nitrogen and oxygen atoms in total. The molecule has 1 unspecified atom stereocenters. The molecule has 1 heterocycles. The van der Waals surface area contributed by atoms with Gasteiger partial charge in [-0.05, 0) is 13.0 Å². The van der Waals surface area contributed by atoms with Gasteiger partial charge in [0.1, 0.15) is 11.5 Å². The Labute approximate surface area is 119 Å². The van der Waals surface area contributed by atoms with E-state index in [-0.39, 0.29) is 6.04 Å². The van der Waals surface area contributed by atoms with Gasteiger partial charge in [0.25, 0.3) is 0 Å². The zero-order chi connectivity index (χ0) is 13.8. The minimum atomic E-state index is 0.281. The van der Waals surface area contributed by atoms with Crippen molar-refractivity contribution in [2.75, 3.05) is 40.4 Å². The number of piperazine rings is 1. The zero-order valence-corrected chi connectivity index (χ0v) is 12.5. The Kier molecular flexibility index (Phi) is 4.91. The molecule has 0 aliphatic carbocycles. The monoisotopic (exact) mass is 284 g/mol. The minimum Gasteiger partial charge on any atom is -0.496 e. The van der Waals surface area contributed by atoms with E-state index in [2.05, 4.69) is 17.1 Å². The first-order chi connectivity index (χ1) is 9.17. The van der Waals surface area contributed by atoms with Gasteiger partial charge in [-0.15, -0.1) is 0 Å². The molecule has 1 aromatic carbocycles. The number of hydrogen-bond donors (Lipinski definition) is 1. The Morgan fingerprint density at radius 2 is 1.79 bits per heavy atom. The first kappa shape index (κ1) is 14.4. The topological polar surface area (TPSA) is 33.7 Å². The maximum absolute atomic E-state index is 6.14. The molecule has 0 aromatic heterocycles. The number of nitrogens with one attached hydrogen (secondary N) is 1. The molecular weight excluding hydrogens is 264 g/mol. The quantitative estimate of drug-likeness (QED) is 0.920. The first-order valence-corrected chi connectivity index (χ1v) is 6.91. The average molecular weight is 285 g/mol. The van der Waals surface area contributed by atoms with Crippen LogP contribution in [0.4, 0.5) is 0 Å². The van der Waals surface area contributed by atoms with Gasteiger partial charge in [-0.1, -0.05) is 11.6 Å². The highest BCUT2D eigenvalue weighted by Crippen LogP contribution is 2.37. The smallest absolute Gasteiger partial charge is 0.138 e. The summed E-state index contributed by atoms with van der Waals surface area (Å²) in [7, 11) is 3.30. The van der Waals surface area contributed by atoms with Gasteiger partial charge >= 0.3 is 0 Å². The molecule has 1 aromatic rings. The van der Waals surface area contributed by atoms with E-state index in [1.54, 1.807) is 14.2 Å². The first-order valence-electron chi connectivity index (χ1n) is 6.53. The van der Waals surface area contributed by atoms with Crippen LogP contribution in [-0.2, 0) is 0 Å². The van der Waals surface area contributed by atoms with Gasteiger partial charge in [0.2, 0.25) is 0 Å². The summed E-state index contributed by atoms with van der Waals surface area (Å²) in [6, 6.07) is 4.09. The molecule has 2 rings (SSSR count). The highest BCUT2D eigenvalue weighted by Gasteiger charge is 2.22. The zero-order valence-electron chi connectivity index (χ0n) is 11.7. The van der Waals surface area contributed by atoms with Gasteiger partial charge in [-0.2, -0.15) is 0 Å². The normalized spacial score (nSPS) is 18.1. The molecule has 19 heavy (non-hydrogen) atoms. The van der Waals surface area contributed by atoms with Crippen LogP contribution < -0.4 is 14.8 Å². The molecule has 1 aliphatic heterocycles. The number of halogens is 1. The van der Waals surface area contributed by atoms with Crippen molar-refractivity contribution in [3.63, 3.8) is 0 Å². The SMILES string of the molecule is COc1cc(C(C)N2CCNCC2)c(OC)cc1Cl. The van der Waals surface area contributed by atoms with Crippen molar-refractivity contribution in [3.8, 4) is 11.5 Å². The standard InChI is InChI=1S/C14H21ClN2O2/c1-10(17-6-4-16-5-7-17)11-8-14(19-3)12(15)9-13(11)18-2/h8-10,16H,4-7H2,1-3H3. The fraction of sp³-hybridized carbons (Fsp3) is 0.571. The lowest BCUT2D eigenvalue weighted by Crippen LogP contribution is -2.44. The molecule has 0 bridgehead atoms. The van der Waals surface area contributed by atoms with Crippen LogP contribution in [0.15, 0.2) is 12.1 Å². The molecule has 1 saturated heterocycles. The van der Waals surface area contributed by atoms with Crippen LogP contribution in [-0.4, -0.2) is 45.3 Å². The molecule has 106 valence electrons. The van der Waals surface area contributed by atoms with Crippen LogP contribution in [0.2, 0.25) is 5.02 Å². The Morgan fingerprint density at radius 1 is 1.16 bits per heavy atom. The lowest BCUT2D eigenvalue weighted by molar-refractivity contribution is 0.182. The fourth-order valence-corrected chi connectivity index (χ4v) is 2.71. The lowest BCUT2D eigenvalue weighted by Gasteiger charge is -2.33. The van der Waals surface area contributed by atoms with E-state index in [9.17, 15) is 0 Å². The number of rotatable bonds is 4. The van der Waals surface area contributed by atoms with E-state index in [0.29, 0.717) is 10.8 Å². The summed E-state index contributed by atoms with van der Waals surface area (Å²) in [4.78, 5) is 2.43. The average Bonchev–Trinajstić information content (AvgIpc) is 2.47. The molecule has 0 amide bonds. The van der Waals surface area contributed by atoms with E-state index >= 15 is 0 Å². The Morgan fingerprint density at radius 3 is 2.37 bits per heavy atom. The predicted octanol–water partition coefficient (Wildman–Crippen LogP) is 2.32. The molecule has 0 saturated carbocycles. The van der Waals surface area contributed by atoms with Crippen LogP contribution in [0.1, 0.15) is 18.5 Å². The highest BCUT2D eigenvalue weighted by molar-refractivity contribution is 6.32. The number of nitrogens with zero attached hydrogens (tertiary/aromatic N) is 1. The summed E-state index contributed by atoms with van der Waals surface area (Å²) >= 11 is 6.14. The molecule has 0 radical (unpaired) electrons. The largest absolute Gasteiger partial charge is 0.496 e. The van der Waals surface area contributed by atoms with Gasteiger partial charge in [0.05, 0.1) is 19.2 Å². The molecule has 5 heteroatoms. The molecule has 1 fully saturated rings. The van der Waals surface area contributed by atoms with E-state index in [4.69, 9.17) is 21.1 Å². The van der Waals surface area contributed by atoms with Gasteiger partial charge in [0, 0.05) is 43.9 Å². The second kappa shape index (κ2) is 6.46. The van der Waals surface area contributed by atoms with Crippen LogP contribution in [0, 0.1) is 0 Å². The summed E-state index contributed by atoms with van der Waals surface area (Å²) < 4.78 is 10.8. The Hall–Kier alpha value is -0.970. The lowest BCUT2D eigenvalue weighted by atomic mass is 10.0. The molecule has 1 atom stereocenters. The molecular formula is C14H21ClN2O2. The predicted molar refractivity (Wildman–Crippen MR) is 77.4 cm³/mol. The van der Waals surface area contributed by atoms with Gasteiger partial charge < -0.3 is 14.8 Å². The van der Waals surface area contributed by atoms with Crippen LogP contribution in [0.5, 0.6) is 11.5 Å². The number of methoxy groups -OCH3 is 2. The summed E-state index contributed by atoms with van der Waals surface area (Å²) in [5.74, 6) is 1.51. The van der Waals surface area contributed by atoms with E-state index < -0.39 is 0 Å². The third kappa shape index (κ3) is 3.14. The van der Waals surface area contributed by atoms with Gasteiger partial charge in [-0.25, -0.2) is 0 Å². The van der Waals surface area contributed by atoms with Crippen molar-refractivity contribution in [3.05, 3.63) is 22.7 Å². The van der Waals surface area contributed by atoms with E-state index in [1.807, 2.05) is 12.1 Å². The molecule has 1 N–H and O–H groups in total. The molecule has 1 aliphatic rings. The molecule has 0 spiro atoms. The summed E-state index contributed by atoms with van der Waals surface area (Å²) in [5, 5.41) is 3.94. The Bertz CT molecular complexity index is 434. The van der Waals surface area contributed by atoms with Crippen molar-refractivity contribution in [2.45, 2.75) is 13.0 Å². The van der Waals surface area contributed by atoms with Crippen LogP contribution in [0.3, 0.4) is 0 Å². The summed E-state index contributed by atoms with van der Waals surface area (Å²) in [5.41, 5.74) is 1.12. The van der Waals surface area contributed by atoms with Crippen molar-refractivity contribution in [1.29, 1.82) is 0 Å². The number of benzene rings is 1. The van der Waals surface area contributed by atoms with E-state index in [0.717, 1.165) is 37.5 Å². The third-order valence-electron chi connectivity index (χ3n) is 3.65. The maximum Gasteiger partial charge on any atom is 0.138 e. The van der Waals surface area contributed by atoms with E-state index in [1.165, 1.54) is 0 Å². The van der Waals surface area contributed by atoms with Gasteiger partial charge in [0.15, 0.2) is 0 Å². The number of ether oxygens (including phenoxy) is 2. The Balaban J connectivity index is 2.30. The number of hydrogen-bond acceptors (Lipinski definition) is 4. The second-order valence-electron chi connectivity index (χ2n) is 4.69. The second-order valence-corrected chi connectivity index (χ2v) is 5.10. The summed E-state index contributed by atoms with van der Waals surface area (Å²) in [6.07, 6.45) is 0. The summed E-state index contributed by atoms with van der Waals surface area (Å²) in [6.45, 7) is 6.32. The van der Waals surface area contributed by atoms with Crippen LogP contribution >= 0.6 is 11.6 Å². The highest BCUT2D eigenvalue weighted by atomic mass is 35.5. The maximum atomic E-state index is 6.14. The van der Waals surface area contributed by atoms with Crippen molar-refractivity contribution >= 4 is 11.6 Å². The van der Waals surface area contributed by atoms with Crippen molar-refractivity contribution in [2.24, 2.45) is 0 Å². The third-order valence-corrected chi connectivity index (χ3v) is 3.95. The minimum absolute atomic E-state index is 0.281. The van der Waals surface area contributed by atoms with Crippen molar-refractivity contribution < 1.29 is 9.47 Å². The van der Waals surface area contributed by atoms with Crippen molar-refractivity contribution in [1.82, 2.24) is 10.2 Å². The van der Waals surface area contributed by atoms with Crippen LogP contribution in [0.25, 0.3) is 0 Å². The fourth-order valence-electron chi connectivity index (χ4n) is 2.48. The van der Waals surface area contributed by atoms with Gasteiger partial charge in [-0.3, -0.25) is 4.90 Å².